The van der Waals surface area contributed by atoms with Gasteiger partial charge < -0.3 is 4.90 Å². The quantitative estimate of drug-likeness (QED) is 0.787. The van der Waals surface area contributed by atoms with Crippen molar-refractivity contribution in [3.63, 3.8) is 0 Å². The van der Waals surface area contributed by atoms with Crippen LogP contribution in [0.3, 0.4) is 0 Å². The first-order valence-electron chi connectivity index (χ1n) is 5.86. The van der Waals surface area contributed by atoms with Gasteiger partial charge in [0.1, 0.15) is 4.34 Å². The molecule has 1 amide bonds. The van der Waals surface area contributed by atoms with Crippen molar-refractivity contribution in [2.45, 2.75) is 6.42 Å². The molecule has 1 aromatic heterocycles. The second-order valence-corrected chi connectivity index (χ2v) is 6.83. The molecular formula is C14H9Cl2NO2S. The summed E-state index contributed by atoms with van der Waals surface area (Å²) in [6, 6.07) is 6.82. The molecule has 0 saturated carbocycles. The Hall–Kier alpha value is -1.36. The third-order valence-electron chi connectivity index (χ3n) is 3.32. The van der Waals surface area contributed by atoms with Gasteiger partial charge in [0.15, 0.2) is 5.78 Å². The number of ketones is 1. The van der Waals surface area contributed by atoms with Crippen LogP contribution in [0.5, 0.6) is 0 Å². The highest BCUT2D eigenvalue weighted by Gasteiger charge is 2.25. The van der Waals surface area contributed by atoms with E-state index in [0.717, 1.165) is 11.3 Å². The van der Waals surface area contributed by atoms with E-state index in [1.807, 2.05) is 0 Å². The van der Waals surface area contributed by atoms with Gasteiger partial charge in [-0.1, -0.05) is 23.2 Å². The molecule has 0 N–H and O–H groups in total. The minimum absolute atomic E-state index is 0.0289. The van der Waals surface area contributed by atoms with Gasteiger partial charge in [0, 0.05) is 18.3 Å². The van der Waals surface area contributed by atoms with Crippen molar-refractivity contribution in [3.05, 3.63) is 49.6 Å². The maximum absolute atomic E-state index is 12.4. The van der Waals surface area contributed by atoms with Crippen molar-refractivity contribution in [2.24, 2.45) is 0 Å². The summed E-state index contributed by atoms with van der Waals surface area (Å²) in [6.07, 6.45) is 0.324. The van der Waals surface area contributed by atoms with Crippen LogP contribution in [-0.2, 0) is 11.2 Å². The molecule has 3 rings (SSSR count). The first-order valence-corrected chi connectivity index (χ1v) is 7.43. The zero-order chi connectivity index (χ0) is 14.4. The number of hydrogen-bond donors (Lipinski definition) is 0. The SMILES string of the molecule is CN1C(=O)Cc2cc(C(=O)c3cc(Cl)sc3Cl)ccc21. The van der Waals surface area contributed by atoms with E-state index in [-0.39, 0.29) is 11.7 Å². The summed E-state index contributed by atoms with van der Waals surface area (Å²) in [5.41, 5.74) is 2.63. The van der Waals surface area contributed by atoms with E-state index in [4.69, 9.17) is 23.2 Å². The molecular weight excluding hydrogens is 317 g/mol. The maximum atomic E-state index is 12.4. The average Bonchev–Trinajstić information content (AvgIpc) is 2.89. The van der Waals surface area contributed by atoms with Crippen molar-refractivity contribution in [1.29, 1.82) is 0 Å². The van der Waals surface area contributed by atoms with Crippen LogP contribution in [0.25, 0.3) is 0 Å². The number of anilines is 1. The molecule has 2 heterocycles. The first kappa shape index (κ1) is 13.6. The molecule has 0 saturated heterocycles. The molecule has 6 heteroatoms. The summed E-state index contributed by atoms with van der Waals surface area (Å²) >= 11 is 13.0. The molecule has 0 bridgehead atoms. The summed E-state index contributed by atoms with van der Waals surface area (Å²) in [5, 5.41) is 0. The zero-order valence-corrected chi connectivity index (χ0v) is 12.8. The number of amides is 1. The number of hydrogen-bond acceptors (Lipinski definition) is 3. The van der Waals surface area contributed by atoms with E-state index in [1.165, 1.54) is 11.3 Å². The fourth-order valence-electron chi connectivity index (χ4n) is 2.26. The predicted octanol–water partition coefficient (Wildman–Crippen LogP) is 3.80. The molecule has 102 valence electrons. The van der Waals surface area contributed by atoms with Gasteiger partial charge in [0.2, 0.25) is 5.91 Å². The summed E-state index contributed by atoms with van der Waals surface area (Å²) in [4.78, 5) is 25.6. The van der Waals surface area contributed by atoms with E-state index in [2.05, 4.69) is 0 Å². The number of rotatable bonds is 2. The zero-order valence-electron chi connectivity index (χ0n) is 10.4. The van der Waals surface area contributed by atoms with Crippen LogP contribution < -0.4 is 4.90 Å². The lowest BCUT2D eigenvalue weighted by Gasteiger charge is -2.10. The molecule has 0 aliphatic carbocycles. The van der Waals surface area contributed by atoms with Gasteiger partial charge in [-0.15, -0.1) is 11.3 Å². The maximum Gasteiger partial charge on any atom is 0.231 e. The predicted molar refractivity (Wildman–Crippen MR) is 81.3 cm³/mol. The van der Waals surface area contributed by atoms with Crippen LogP contribution >= 0.6 is 34.5 Å². The van der Waals surface area contributed by atoms with Gasteiger partial charge >= 0.3 is 0 Å². The molecule has 1 aliphatic heterocycles. The lowest BCUT2D eigenvalue weighted by molar-refractivity contribution is -0.117. The number of carbonyl (C=O) groups is 2. The van der Waals surface area contributed by atoms with Gasteiger partial charge in [-0.05, 0) is 29.8 Å². The van der Waals surface area contributed by atoms with Gasteiger partial charge in [-0.2, -0.15) is 0 Å². The van der Waals surface area contributed by atoms with Crippen LogP contribution in [0, 0.1) is 0 Å². The first-order chi connectivity index (χ1) is 9.47. The number of likely N-dealkylation sites (N-methyl/N-ethyl adjacent to an activating group) is 1. The van der Waals surface area contributed by atoms with Crippen LogP contribution in [0.2, 0.25) is 8.67 Å². The molecule has 0 radical (unpaired) electrons. The van der Waals surface area contributed by atoms with E-state index >= 15 is 0 Å². The fraction of sp³-hybridized carbons (Fsp3) is 0.143. The second-order valence-electron chi connectivity index (χ2n) is 4.54. The largest absolute Gasteiger partial charge is 0.315 e. The topological polar surface area (TPSA) is 37.4 Å². The lowest BCUT2D eigenvalue weighted by atomic mass is 10.0. The molecule has 0 unspecified atom stereocenters. The molecule has 0 spiro atoms. The van der Waals surface area contributed by atoms with Crippen molar-refractivity contribution in [1.82, 2.24) is 0 Å². The number of nitrogens with zero attached hydrogens (tertiary/aromatic N) is 1. The molecule has 0 fully saturated rings. The van der Waals surface area contributed by atoms with Gasteiger partial charge in [0.05, 0.1) is 16.3 Å². The number of benzene rings is 1. The van der Waals surface area contributed by atoms with Crippen LogP contribution in [-0.4, -0.2) is 18.7 Å². The van der Waals surface area contributed by atoms with Gasteiger partial charge in [-0.25, -0.2) is 0 Å². The smallest absolute Gasteiger partial charge is 0.231 e. The number of fused-ring (bicyclic) bond motifs is 1. The Bertz CT molecular complexity index is 739. The van der Waals surface area contributed by atoms with Crippen LogP contribution in [0.4, 0.5) is 5.69 Å². The Morgan fingerprint density at radius 2 is 2.05 bits per heavy atom. The van der Waals surface area contributed by atoms with Gasteiger partial charge in [-0.3, -0.25) is 9.59 Å². The molecule has 0 atom stereocenters. The van der Waals surface area contributed by atoms with E-state index in [0.29, 0.717) is 26.2 Å². The Balaban J connectivity index is 2.01. The Morgan fingerprint density at radius 1 is 1.30 bits per heavy atom. The normalized spacial score (nSPS) is 13.8. The van der Waals surface area contributed by atoms with E-state index < -0.39 is 0 Å². The van der Waals surface area contributed by atoms with Crippen molar-refractivity contribution in [2.75, 3.05) is 11.9 Å². The highest BCUT2D eigenvalue weighted by atomic mass is 35.5. The summed E-state index contributed by atoms with van der Waals surface area (Å²) in [5.74, 6) is -0.149. The molecule has 20 heavy (non-hydrogen) atoms. The monoisotopic (exact) mass is 325 g/mol. The molecule has 3 nitrogen and oxygen atoms in total. The summed E-state index contributed by atoms with van der Waals surface area (Å²) in [6.45, 7) is 0. The summed E-state index contributed by atoms with van der Waals surface area (Å²) < 4.78 is 0.864. The third kappa shape index (κ3) is 2.14. The Morgan fingerprint density at radius 3 is 2.70 bits per heavy atom. The average molecular weight is 326 g/mol. The molecule has 1 aliphatic rings. The van der Waals surface area contributed by atoms with E-state index in [9.17, 15) is 9.59 Å². The fourth-order valence-corrected chi connectivity index (χ4v) is 3.72. The standard InChI is InChI=1S/C14H9Cl2NO2S/c1-17-10-3-2-7(4-8(10)5-12(17)18)13(19)9-6-11(15)20-14(9)16/h2-4,6H,5H2,1H3. The van der Waals surface area contributed by atoms with Gasteiger partial charge in [0.25, 0.3) is 0 Å². The van der Waals surface area contributed by atoms with Crippen LogP contribution in [0.1, 0.15) is 21.5 Å². The number of thiophene rings is 1. The minimum Gasteiger partial charge on any atom is -0.315 e. The summed E-state index contributed by atoms with van der Waals surface area (Å²) in [7, 11) is 1.73. The van der Waals surface area contributed by atoms with Crippen molar-refractivity contribution < 1.29 is 9.59 Å². The lowest BCUT2D eigenvalue weighted by Crippen LogP contribution is -2.20. The van der Waals surface area contributed by atoms with Crippen molar-refractivity contribution >= 4 is 51.9 Å². The third-order valence-corrected chi connectivity index (χ3v) is 4.81. The minimum atomic E-state index is -0.178. The molecule has 2 aromatic rings. The second kappa shape index (κ2) is 4.88. The highest BCUT2D eigenvalue weighted by molar-refractivity contribution is 7.20. The van der Waals surface area contributed by atoms with Crippen LogP contribution in [0.15, 0.2) is 24.3 Å². The van der Waals surface area contributed by atoms with E-state index in [1.54, 1.807) is 36.2 Å². The Kier molecular flexibility index (Phi) is 3.32. The Labute approximate surface area is 129 Å². The highest BCUT2D eigenvalue weighted by Crippen LogP contribution is 2.34. The van der Waals surface area contributed by atoms with Crippen molar-refractivity contribution in [3.8, 4) is 0 Å². The number of halogens is 2. The number of carbonyl (C=O) groups excluding carboxylic acids is 2. The molecule has 1 aromatic carbocycles.